The molecule has 1 amide bonds. The first-order valence-corrected chi connectivity index (χ1v) is 12.2. The quantitative estimate of drug-likeness (QED) is 0.290. The second-order valence-corrected chi connectivity index (χ2v) is 8.72. The number of benzene rings is 2. The zero-order valence-corrected chi connectivity index (χ0v) is 20.9. The van der Waals surface area contributed by atoms with Crippen molar-refractivity contribution in [3.05, 3.63) is 54.2 Å². The first kappa shape index (κ1) is 24.6. The van der Waals surface area contributed by atoms with E-state index < -0.39 is 0 Å². The van der Waals surface area contributed by atoms with Gasteiger partial charge in [0.1, 0.15) is 0 Å². The molecule has 0 aliphatic rings. The first-order valence-electron chi connectivity index (χ1n) is 11.2. The SMILES string of the molecule is COCCn1c(SCC(=O)NCCc2ccc(OC)c(OC)c2)nnc1-c1c[nH]c2ccccc12. The molecule has 2 aromatic carbocycles. The Morgan fingerprint density at radius 2 is 1.91 bits per heavy atom. The number of thioether (sulfide) groups is 1. The van der Waals surface area contributed by atoms with Crippen LogP contribution in [0.25, 0.3) is 22.3 Å². The van der Waals surface area contributed by atoms with E-state index in [4.69, 9.17) is 14.2 Å². The Kier molecular flexibility index (Phi) is 8.27. The highest BCUT2D eigenvalue weighted by molar-refractivity contribution is 7.99. The minimum atomic E-state index is -0.0644. The fraction of sp³-hybridized carbons (Fsp3) is 0.320. The van der Waals surface area contributed by atoms with Crippen LogP contribution in [0, 0.1) is 0 Å². The number of hydrogen-bond donors (Lipinski definition) is 2. The number of nitrogens with zero attached hydrogens (tertiary/aromatic N) is 3. The number of H-pyrrole nitrogens is 1. The van der Waals surface area contributed by atoms with Crippen molar-refractivity contribution in [1.82, 2.24) is 25.1 Å². The summed E-state index contributed by atoms with van der Waals surface area (Å²) in [5.74, 6) is 2.28. The van der Waals surface area contributed by atoms with Crippen molar-refractivity contribution in [3.8, 4) is 22.9 Å². The van der Waals surface area contributed by atoms with Crippen LogP contribution in [0.2, 0.25) is 0 Å². The van der Waals surface area contributed by atoms with Crippen LogP contribution in [-0.4, -0.2) is 65.9 Å². The summed E-state index contributed by atoms with van der Waals surface area (Å²) in [5.41, 5.74) is 3.06. The topological polar surface area (TPSA) is 103 Å². The monoisotopic (exact) mass is 495 g/mol. The molecule has 0 atom stereocenters. The van der Waals surface area contributed by atoms with Gasteiger partial charge >= 0.3 is 0 Å². The molecule has 10 heteroatoms. The van der Waals surface area contributed by atoms with E-state index in [1.807, 2.05) is 47.2 Å². The number of methoxy groups -OCH3 is 3. The smallest absolute Gasteiger partial charge is 0.230 e. The highest BCUT2D eigenvalue weighted by Crippen LogP contribution is 2.30. The molecular formula is C25H29N5O4S. The van der Waals surface area contributed by atoms with Crippen molar-refractivity contribution >= 4 is 28.6 Å². The van der Waals surface area contributed by atoms with Crippen LogP contribution in [0.3, 0.4) is 0 Å². The van der Waals surface area contributed by atoms with Gasteiger partial charge in [-0.1, -0.05) is 36.0 Å². The van der Waals surface area contributed by atoms with E-state index in [1.165, 1.54) is 11.8 Å². The number of rotatable bonds is 12. The lowest BCUT2D eigenvalue weighted by Crippen LogP contribution is -2.27. The molecule has 0 radical (unpaired) electrons. The molecule has 0 bridgehead atoms. The molecule has 9 nitrogen and oxygen atoms in total. The summed E-state index contributed by atoms with van der Waals surface area (Å²) >= 11 is 1.36. The van der Waals surface area contributed by atoms with Crippen LogP contribution in [-0.2, 0) is 22.5 Å². The molecule has 0 aliphatic heterocycles. The van der Waals surface area contributed by atoms with Gasteiger partial charge in [-0.05, 0) is 30.2 Å². The average Bonchev–Trinajstić information content (AvgIpc) is 3.49. The fourth-order valence-electron chi connectivity index (χ4n) is 3.80. The van der Waals surface area contributed by atoms with Gasteiger partial charge in [-0.2, -0.15) is 0 Å². The molecule has 0 spiro atoms. The lowest BCUT2D eigenvalue weighted by atomic mass is 10.1. The predicted octanol–water partition coefficient (Wildman–Crippen LogP) is 3.54. The Hall–Kier alpha value is -3.50. The Morgan fingerprint density at radius 1 is 1.09 bits per heavy atom. The van der Waals surface area contributed by atoms with Crippen LogP contribution >= 0.6 is 11.8 Å². The van der Waals surface area contributed by atoms with E-state index in [9.17, 15) is 4.79 Å². The first-order chi connectivity index (χ1) is 17.1. The Morgan fingerprint density at radius 3 is 2.71 bits per heavy atom. The molecule has 0 fully saturated rings. The predicted molar refractivity (Wildman–Crippen MR) is 136 cm³/mol. The van der Waals surface area contributed by atoms with Crippen LogP contribution in [0.4, 0.5) is 0 Å². The third-order valence-corrected chi connectivity index (χ3v) is 6.55. The average molecular weight is 496 g/mol. The van der Waals surface area contributed by atoms with Crippen LogP contribution in [0.5, 0.6) is 11.5 Å². The standard InChI is InChI=1S/C25H29N5O4S/c1-32-13-12-30-24(19-15-27-20-7-5-4-6-18(19)20)28-29-25(30)35-16-23(31)26-11-10-17-8-9-21(33-2)22(14-17)34-3/h4-9,14-15,27H,10-13,16H2,1-3H3,(H,26,31). The summed E-state index contributed by atoms with van der Waals surface area (Å²) in [6, 6.07) is 13.8. The molecule has 184 valence electrons. The second-order valence-electron chi connectivity index (χ2n) is 7.78. The second kappa shape index (κ2) is 11.8. The van der Waals surface area contributed by atoms with Gasteiger partial charge in [-0.3, -0.25) is 9.36 Å². The molecule has 4 aromatic rings. The Balaban J connectivity index is 1.38. The summed E-state index contributed by atoms with van der Waals surface area (Å²) in [7, 11) is 4.87. The maximum absolute atomic E-state index is 12.5. The third-order valence-electron chi connectivity index (χ3n) is 5.58. The van der Waals surface area contributed by atoms with Crippen molar-refractivity contribution in [3.63, 3.8) is 0 Å². The number of hydrogen-bond acceptors (Lipinski definition) is 7. The summed E-state index contributed by atoms with van der Waals surface area (Å²) < 4.78 is 17.9. The zero-order chi connectivity index (χ0) is 24.6. The number of fused-ring (bicyclic) bond motifs is 1. The van der Waals surface area contributed by atoms with Crippen LogP contribution in [0.1, 0.15) is 5.56 Å². The molecule has 2 aromatic heterocycles. The van der Waals surface area contributed by atoms with Crippen LogP contribution in [0.15, 0.2) is 53.8 Å². The van der Waals surface area contributed by atoms with E-state index in [0.29, 0.717) is 42.8 Å². The normalized spacial score (nSPS) is 11.1. The van der Waals surface area contributed by atoms with Crippen molar-refractivity contribution < 1.29 is 19.0 Å². The van der Waals surface area contributed by atoms with Gasteiger partial charge < -0.3 is 24.5 Å². The van der Waals surface area contributed by atoms with Crippen molar-refractivity contribution in [2.75, 3.05) is 40.2 Å². The van der Waals surface area contributed by atoms with Gasteiger partial charge in [0, 0.05) is 36.3 Å². The van der Waals surface area contributed by atoms with E-state index in [-0.39, 0.29) is 11.7 Å². The third kappa shape index (κ3) is 5.77. The number of carbonyl (C=O) groups is 1. The van der Waals surface area contributed by atoms with E-state index >= 15 is 0 Å². The van der Waals surface area contributed by atoms with E-state index in [0.717, 1.165) is 27.9 Å². The summed E-state index contributed by atoms with van der Waals surface area (Å²) in [5, 5.41) is 13.5. The molecule has 0 saturated heterocycles. The summed E-state index contributed by atoms with van der Waals surface area (Å²) in [6.07, 6.45) is 2.62. The number of amides is 1. The van der Waals surface area contributed by atoms with E-state index in [1.54, 1.807) is 21.3 Å². The van der Waals surface area contributed by atoms with Crippen molar-refractivity contribution in [2.24, 2.45) is 0 Å². The van der Waals surface area contributed by atoms with Crippen molar-refractivity contribution in [2.45, 2.75) is 18.1 Å². The molecule has 2 N–H and O–H groups in total. The van der Waals surface area contributed by atoms with Gasteiger partial charge in [0.25, 0.3) is 0 Å². The van der Waals surface area contributed by atoms with Crippen LogP contribution < -0.4 is 14.8 Å². The van der Waals surface area contributed by atoms with Gasteiger partial charge in [-0.15, -0.1) is 10.2 Å². The highest BCUT2D eigenvalue weighted by Gasteiger charge is 2.18. The summed E-state index contributed by atoms with van der Waals surface area (Å²) in [4.78, 5) is 15.8. The highest BCUT2D eigenvalue weighted by atomic mass is 32.2. The molecular weight excluding hydrogens is 466 g/mol. The molecule has 35 heavy (non-hydrogen) atoms. The minimum absolute atomic E-state index is 0.0644. The molecule has 2 heterocycles. The van der Waals surface area contributed by atoms with Gasteiger partial charge in [0.2, 0.25) is 5.91 Å². The number of ether oxygens (including phenoxy) is 3. The van der Waals surface area contributed by atoms with E-state index in [2.05, 4.69) is 26.6 Å². The number of aromatic nitrogens is 4. The zero-order valence-electron chi connectivity index (χ0n) is 20.0. The maximum atomic E-state index is 12.5. The lowest BCUT2D eigenvalue weighted by Gasteiger charge is -2.11. The lowest BCUT2D eigenvalue weighted by molar-refractivity contribution is -0.118. The fourth-order valence-corrected chi connectivity index (χ4v) is 4.59. The number of carbonyl (C=O) groups excluding carboxylic acids is 1. The summed E-state index contributed by atoms with van der Waals surface area (Å²) in [6.45, 7) is 1.62. The van der Waals surface area contributed by atoms with Gasteiger partial charge in [0.05, 0.1) is 33.1 Å². The molecule has 4 rings (SSSR count). The molecule has 0 unspecified atom stereocenters. The minimum Gasteiger partial charge on any atom is -0.493 e. The molecule has 0 aliphatic carbocycles. The van der Waals surface area contributed by atoms with Crippen molar-refractivity contribution in [1.29, 1.82) is 0 Å². The molecule has 0 saturated carbocycles. The Labute approximate surface area is 208 Å². The number of nitrogens with one attached hydrogen (secondary N) is 2. The largest absolute Gasteiger partial charge is 0.493 e. The number of para-hydroxylation sites is 1. The Bertz CT molecular complexity index is 1290. The maximum Gasteiger partial charge on any atom is 0.230 e. The number of aromatic amines is 1. The van der Waals surface area contributed by atoms with Gasteiger partial charge in [0.15, 0.2) is 22.5 Å². The van der Waals surface area contributed by atoms with Gasteiger partial charge in [-0.25, -0.2) is 0 Å².